The van der Waals surface area contributed by atoms with Gasteiger partial charge >= 0.3 is 0 Å². The second kappa shape index (κ2) is 11.3. The fourth-order valence-corrected chi connectivity index (χ4v) is 4.88. The molecule has 1 aliphatic rings. The summed E-state index contributed by atoms with van der Waals surface area (Å²) >= 11 is 1.85. The van der Waals surface area contributed by atoms with Gasteiger partial charge in [0.05, 0.1) is 13.1 Å². The van der Waals surface area contributed by atoms with E-state index in [0.717, 1.165) is 47.0 Å². The van der Waals surface area contributed by atoms with Crippen LogP contribution in [0.4, 0.5) is 11.4 Å². The molecule has 3 rings (SSSR count). The number of hydrogen-bond acceptors (Lipinski definition) is 5. The number of benzene rings is 2. The van der Waals surface area contributed by atoms with Crippen molar-refractivity contribution >= 4 is 40.9 Å². The van der Waals surface area contributed by atoms with E-state index in [1.165, 1.54) is 0 Å². The van der Waals surface area contributed by atoms with Crippen molar-refractivity contribution in [3.63, 3.8) is 0 Å². The van der Waals surface area contributed by atoms with Gasteiger partial charge in [-0.15, -0.1) is 0 Å². The van der Waals surface area contributed by atoms with Crippen LogP contribution in [-0.4, -0.2) is 72.3 Å². The Hall–Kier alpha value is -2.84. The fraction of sp³-hybridized carbons (Fsp3) is 0.400. The number of anilines is 2. The summed E-state index contributed by atoms with van der Waals surface area (Å²) in [6.07, 6.45) is 0. The number of aryl methyl sites for hydroxylation is 3. The zero-order valence-corrected chi connectivity index (χ0v) is 20.6. The lowest BCUT2D eigenvalue weighted by Gasteiger charge is -2.26. The van der Waals surface area contributed by atoms with Crippen LogP contribution in [0.2, 0.25) is 0 Å². The van der Waals surface area contributed by atoms with E-state index in [9.17, 15) is 14.4 Å². The number of rotatable bonds is 7. The van der Waals surface area contributed by atoms with Gasteiger partial charge in [-0.2, -0.15) is 11.8 Å². The molecule has 1 heterocycles. The fourth-order valence-electron chi connectivity index (χ4n) is 3.98. The predicted molar refractivity (Wildman–Crippen MR) is 135 cm³/mol. The predicted octanol–water partition coefficient (Wildman–Crippen LogP) is 3.31. The molecular weight excluding hydrogens is 436 g/mol. The highest BCUT2D eigenvalue weighted by molar-refractivity contribution is 7.99. The van der Waals surface area contributed by atoms with E-state index >= 15 is 0 Å². The van der Waals surface area contributed by atoms with Crippen LogP contribution in [0, 0.1) is 20.8 Å². The molecule has 0 aromatic heterocycles. The molecule has 0 spiro atoms. The van der Waals surface area contributed by atoms with Crippen LogP contribution in [0.5, 0.6) is 0 Å². The van der Waals surface area contributed by atoms with Crippen LogP contribution in [0.1, 0.15) is 27.0 Å². The molecule has 176 valence electrons. The van der Waals surface area contributed by atoms with Gasteiger partial charge in [-0.25, -0.2) is 0 Å². The number of nitrogens with zero attached hydrogens (tertiary/aromatic N) is 2. The second-order valence-corrected chi connectivity index (χ2v) is 9.75. The van der Waals surface area contributed by atoms with Gasteiger partial charge in [-0.1, -0.05) is 23.8 Å². The largest absolute Gasteiger partial charge is 0.337 e. The van der Waals surface area contributed by atoms with Crippen LogP contribution < -0.4 is 10.6 Å². The molecule has 0 unspecified atom stereocenters. The van der Waals surface area contributed by atoms with Crippen LogP contribution in [-0.2, 0) is 9.59 Å². The number of likely N-dealkylation sites (N-methyl/N-ethyl adjacent to an activating group) is 1. The van der Waals surface area contributed by atoms with Gasteiger partial charge in [0.25, 0.3) is 5.91 Å². The van der Waals surface area contributed by atoms with Crippen molar-refractivity contribution in [2.45, 2.75) is 20.8 Å². The van der Waals surface area contributed by atoms with E-state index in [-0.39, 0.29) is 30.8 Å². The molecule has 3 amide bonds. The summed E-state index contributed by atoms with van der Waals surface area (Å²) in [6.45, 7) is 7.60. The van der Waals surface area contributed by atoms with E-state index in [1.807, 2.05) is 49.6 Å². The molecule has 0 atom stereocenters. The Balaban J connectivity index is 1.52. The maximum Gasteiger partial charge on any atom is 0.253 e. The topological polar surface area (TPSA) is 81.8 Å². The van der Waals surface area contributed by atoms with Gasteiger partial charge < -0.3 is 15.5 Å². The Bertz CT molecular complexity index is 1010. The third kappa shape index (κ3) is 7.07. The Morgan fingerprint density at radius 2 is 1.55 bits per heavy atom. The van der Waals surface area contributed by atoms with Gasteiger partial charge in [0, 0.05) is 41.5 Å². The van der Waals surface area contributed by atoms with Crippen LogP contribution in [0.3, 0.4) is 0 Å². The quantitative estimate of drug-likeness (QED) is 0.652. The summed E-state index contributed by atoms with van der Waals surface area (Å²) in [7, 11) is 1.72. The van der Waals surface area contributed by atoms with Gasteiger partial charge in [0.15, 0.2) is 0 Å². The van der Waals surface area contributed by atoms with Crippen LogP contribution in [0.15, 0.2) is 36.4 Å². The molecule has 8 heteroatoms. The molecule has 0 radical (unpaired) electrons. The number of amides is 3. The van der Waals surface area contributed by atoms with Crippen molar-refractivity contribution in [3.05, 3.63) is 58.7 Å². The minimum absolute atomic E-state index is 0.0121. The number of hydrogen-bond donors (Lipinski definition) is 2. The maximum absolute atomic E-state index is 12.7. The average molecular weight is 469 g/mol. The van der Waals surface area contributed by atoms with Crippen LogP contribution >= 0.6 is 11.8 Å². The summed E-state index contributed by atoms with van der Waals surface area (Å²) in [5.41, 5.74) is 5.13. The Kier molecular flexibility index (Phi) is 8.52. The second-order valence-electron chi connectivity index (χ2n) is 8.53. The summed E-state index contributed by atoms with van der Waals surface area (Å²) in [6, 6.07) is 11.1. The monoisotopic (exact) mass is 468 g/mol. The van der Waals surface area contributed by atoms with Crippen LogP contribution in [0.25, 0.3) is 0 Å². The van der Waals surface area contributed by atoms with Gasteiger partial charge in [0.1, 0.15) is 0 Å². The summed E-state index contributed by atoms with van der Waals surface area (Å²) < 4.78 is 0. The van der Waals surface area contributed by atoms with Crippen molar-refractivity contribution in [1.29, 1.82) is 0 Å². The first-order chi connectivity index (χ1) is 15.7. The average Bonchev–Trinajstić information content (AvgIpc) is 2.76. The minimum atomic E-state index is -0.244. The molecule has 2 aromatic rings. The highest BCUT2D eigenvalue weighted by atomic mass is 32.2. The van der Waals surface area contributed by atoms with Crippen molar-refractivity contribution in [2.75, 3.05) is 55.4 Å². The molecular formula is C25H32N4O3S. The molecule has 2 N–H and O–H groups in total. The minimum Gasteiger partial charge on any atom is -0.337 e. The first-order valence-corrected chi connectivity index (χ1v) is 12.2. The zero-order valence-electron chi connectivity index (χ0n) is 19.7. The van der Waals surface area contributed by atoms with Crippen molar-refractivity contribution in [2.24, 2.45) is 0 Å². The van der Waals surface area contributed by atoms with E-state index in [1.54, 1.807) is 36.2 Å². The first-order valence-electron chi connectivity index (χ1n) is 11.1. The highest BCUT2D eigenvalue weighted by Crippen LogP contribution is 2.22. The van der Waals surface area contributed by atoms with E-state index in [0.29, 0.717) is 11.3 Å². The standard InChI is InChI=1S/C25H32N4O3S/c1-17-12-18(2)24(19(3)13-17)27-23(31)16-28(4)15-22(30)26-21-7-5-6-20(14-21)25(32)29-8-10-33-11-9-29/h5-7,12-14H,8-11,15-16H2,1-4H3,(H,26,30)(H,27,31). The highest BCUT2D eigenvalue weighted by Gasteiger charge is 2.19. The molecule has 7 nitrogen and oxygen atoms in total. The maximum atomic E-state index is 12.7. The molecule has 1 aliphatic heterocycles. The summed E-state index contributed by atoms with van der Waals surface area (Å²) in [5, 5.41) is 5.79. The van der Waals surface area contributed by atoms with Gasteiger partial charge in [-0.05, 0) is 57.1 Å². The van der Waals surface area contributed by atoms with Gasteiger partial charge in [-0.3, -0.25) is 19.3 Å². The SMILES string of the molecule is Cc1cc(C)c(NC(=O)CN(C)CC(=O)Nc2cccc(C(=O)N3CCSCC3)c2)c(C)c1. The normalized spacial score (nSPS) is 13.7. The summed E-state index contributed by atoms with van der Waals surface area (Å²) in [4.78, 5) is 41.2. The Morgan fingerprint density at radius 1 is 0.939 bits per heavy atom. The van der Waals surface area contributed by atoms with Crippen molar-refractivity contribution in [3.8, 4) is 0 Å². The lowest BCUT2D eigenvalue weighted by Crippen LogP contribution is -2.38. The lowest BCUT2D eigenvalue weighted by molar-refractivity contribution is -0.119. The smallest absolute Gasteiger partial charge is 0.253 e. The van der Waals surface area contributed by atoms with Crippen molar-refractivity contribution in [1.82, 2.24) is 9.80 Å². The van der Waals surface area contributed by atoms with E-state index < -0.39 is 0 Å². The Morgan fingerprint density at radius 3 is 2.18 bits per heavy atom. The molecule has 2 aromatic carbocycles. The number of thioether (sulfide) groups is 1. The molecule has 1 fully saturated rings. The molecule has 0 saturated carbocycles. The third-order valence-electron chi connectivity index (χ3n) is 5.46. The van der Waals surface area contributed by atoms with Gasteiger partial charge in [0.2, 0.25) is 11.8 Å². The summed E-state index contributed by atoms with van der Waals surface area (Å²) in [5.74, 6) is 1.47. The number of carbonyl (C=O) groups excluding carboxylic acids is 3. The molecule has 33 heavy (non-hydrogen) atoms. The lowest BCUT2D eigenvalue weighted by atomic mass is 10.1. The number of nitrogens with one attached hydrogen (secondary N) is 2. The molecule has 0 aliphatic carbocycles. The van der Waals surface area contributed by atoms with E-state index in [4.69, 9.17) is 0 Å². The first kappa shape index (κ1) is 24.8. The molecule has 1 saturated heterocycles. The molecule has 0 bridgehead atoms. The third-order valence-corrected chi connectivity index (χ3v) is 6.40. The zero-order chi connectivity index (χ0) is 24.0. The van der Waals surface area contributed by atoms with Crippen molar-refractivity contribution < 1.29 is 14.4 Å². The number of carbonyl (C=O) groups is 3. The van der Waals surface area contributed by atoms with E-state index in [2.05, 4.69) is 10.6 Å². The Labute approximate surface area is 199 Å².